The normalized spacial score (nSPS) is 11.6. The van der Waals surface area contributed by atoms with Gasteiger partial charge in [-0.3, -0.25) is 0 Å². The van der Waals surface area contributed by atoms with Crippen molar-refractivity contribution >= 4 is 76.3 Å². The van der Waals surface area contributed by atoms with Crippen LogP contribution in [0.25, 0.3) is 115 Å². The smallest absolute Gasteiger partial charge is 0.0619 e. The van der Waals surface area contributed by atoms with Crippen molar-refractivity contribution in [2.45, 2.75) is 6.54 Å². The second-order valence-corrected chi connectivity index (χ2v) is 19.2. The molecule has 0 aliphatic carbocycles. The minimum Gasteiger partial charge on any atom is -0.336 e. The molecule has 0 bridgehead atoms. The minimum absolute atomic E-state index is 0.605. The van der Waals surface area contributed by atoms with Crippen LogP contribution in [0.3, 0.4) is 0 Å². The quantitative estimate of drug-likeness (QED) is 0.140. The number of nitrogens with zero attached hydrogens (tertiary/aromatic N) is 2. The third kappa shape index (κ3) is 7.26. The van der Waals surface area contributed by atoms with E-state index in [1.54, 1.807) is 0 Å². The van der Waals surface area contributed by atoms with Gasteiger partial charge in [-0.1, -0.05) is 243 Å². The van der Waals surface area contributed by atoms with E-state index in [9.17, 15) is 0 Å². The molecule has 14 aromatic rings. The van der Waals surface area contributed by atoms with Crippen molar-refractivity contribution in [3.8, 4) is 50.2 Å². The van der Waals surface area contributed by atoms with E-state index in [1.165, 1.54) is 109 Å². The van der Waals surface area contributed by atoms with Crippen molar-refractivity contribution in [2.24, 2.45) is 0 Å². The van der Waals surface area contributed by atoms with Gasteiger partial charge in [-0.15, -0.1) is 0 Å². The van der Waals surface area contributed by atoms with Gasteiger partial charge in [0.2, 0.25) is 0 Å². The standard InChI is InChI=1S/C71H48N2/c1-2-19-48(20-3-1)52-39-40-54(67(46-52)53-26-16-27-55(45-53)73-70-38-15-13-34-65(70)66-42-41-51-23-6-9-30-58(51)71(66)73)47-72(68-37-14-12-33-63(68)60-36-18-25-50-22-5-8-29-57(50)60)69-44-43-62(61-31-10-11-32-64(61)69)59-35-17-24-49-21-4-7-28-56(49)59/h1-46H,47H2. The summed E-state index contributed by atoms with van der Waals surface area (Å²) in [4.78, 5) is 2.58. The average molecular weight is 929 g/mol. The van der Waals surface area contributed by atoms with E-state index in [0.717, 1.165) is 22.6 Å². The molecule has 0 amide bonds. The predicted molar refractivity (Wildman–Crippen MR) is 311 cm³/mol. The number of hydrogen-bond donors (Lipinski definition) is 0. The Morgan fingerprint density at radius 3 is 1.59 bits per heavy atom. The van der Waals surface area contributed by atoms with Gasteiger partial charge in [-0.05, 0) is 113 Å². The van der Waals surface area contributed by atoms with Crippen LogP contribution in [-0.4, -0.2) is 4.57 Å². The molecule has 2 heteroatoms. The van der Waals surface area contributed by atoms with Crippen molar-refractivity contribution in [2.75, 3.05) is 4.90 Å². The van der Waals surface area contributed by atoms with Gasteiger partial charge in [-0.25, -0.2) is 0 Å². The molecule has 0 saturated carbocycles. The summed E-state index contributed by atoms with van der Waals surface area (Å²) in [5, 5.41) is 12.3. The van der Waals surface area contributed by atoms with Gasteiger partial charge < -0.3 is 9.47 Å². The van der Waals surface area contributed by atoms with Gasteiger partial charge in [0.15, 0.2) is 0 Å². The largest absolute Gasteiger partial charge is 0.336 e. The van der Waals surface area contributed by atoms with Crippen molar-refractivity contribution in [1.82, 2.24) is 4.57 Å². The van der Waals surface area contributed by atoms with Crippen LogP contribution in [0.2, 0.25) is 0 Å². The zero-order chi connectivity index (χ0) is 48.2. The monoisotopic (exact) mass is 928 g/mol. The number of anilines is 2. The van der Waals surface area contributed by atoms with E-state index in [4.69, 9.17) is 0 Å². The molecule has 0 spiro atoms. The second-order valence-electron chi connectivity index (χ2n) is 19.2. The molecule has 73 heavy (non-hydrogen) atoms. The molecule has 0 atom stereocenters. The Kier molecular flexibility index (Phi) is 10.3. The molecule has 13 aromatic carbocycles. The molecular weight excluding hydrogens is 881 g/mol. The zero-order valence-corrected chi connectivity index (χ0v) is 40.2. The lowest BCUT2D eigenvalue weighted by Crippen LogP contribution is -2.18. The molecule has 342 valence electrons. The number of benzene rings is 13. The summed E-state index contributed by atoms with van der Waals surface area (Å²) >= 11 is 0. The minimum atomic E-state index is 0.605. The molecule has 0 saturated heterocycles. The van der Waals surface area contributed by atoms with Crippen molar-refractivity contribution in [1.29, 1.82) is 0 Å². The summed E-state index contributed by atoms with van der Waals surface area (Å²) in [5.41, 5.74) is 16.6. The van der Waals surface area contributed by atoms with Crippen LogP contribution in [0.4, 0.5) is 11.4 Å². The van der Waals surface area contributed by atoms with E-state index in [-0.39, 0.29) is 0 Å². The Labute approximate surface area is 424 Å². The highest BCUT2D eigenvalue weighted by atomic mass is 15.1. The first kappa shape index (κ1) is 42.4. The van der Waals surface area contributed by atoms with Gasteiger partial charge in [0, 0.05) is 50.7 Å². The number of para-hydroxylation sites is 2. The highest BCUT2D eigenvalue weighted by Gasteiger charge is 2.23. The van der Waals surface area contributed by atoms with Crippen LogP contribution in [0.1, 0.15) is 5.56 Å². The molecule has 1 heterocycles. The topological polar surface area (TPSA) is 8.17 Å². The fraction of sp³-hybridized carbons (Fsp3) is 0.0141. The average Bonchev–Trinajstić information content (AvgIpc) is 3.81. The van der Waals surface area contributed by atoms with Crippen LogP contribution in [0, 0.1) is 0 Å². The first-order valence-electron chi connectivity index (χ1n) is 25.3. The molecule has 0 aliphatic rings. The number of hydrogen-bond acceptors (Lipinski definition) is 1. The van der Waals surface area contributed by atoms with Crippen LogP contribution < -0.4 is 4.90 Å². The summed E-state index contributed by atoms with van der Waals surface area (Å²) in [5.74, 6) is 0. The van der Waals surface area contributed by atoms with Gasteiger partial charge in [0.25, 0.3) is 0 Å². The van der Waals surface area contributed by atoms with Gasteiger partial charge in [0.1, 0.15) is 0 Å². The lowest BCUT2D eigenvalue weighted by atomic mass is 9.91. The Morgan fingerprint density at radius 2 is 0.822 bits per heavy atom. The molecule has 0 radical (unpaired) electrons. The Bertz CT molecular complexity index is 4420. The van der Waals surface area contributed by atoms with Crippen LogP contribution in [0.15, 0.2) is 279 Å². The first-order valence-corrected chi connectivity index (χ1v) is 25.3. The summed E-state index contributed by atoms with van der Waals surface area (Å²) in [6.07, 6.45) is 0. The molecule has 2 nitrogen and oxygen atoms in total. The third-order valence-electron chi connectivity index (χ3n) is 15.1. The summed E-state index contributed by atoms with van der Waals surface area (Å²) < 4.78 is 2.48. The summed E-state index contributed by atoms with van der Waals surface area (Å²) in [6.45, 7) is 0.605. The first-order chi connectivity index (χ1) is 36.2. The summed E-state index contributed by atoms with van der Waals surface area (Å²) in [6, 6.07) is 103. The SMILES string of the molecule is c1ccc(-c2ccc(CN(c3ccccc3-c3cccc4ccccc34)c3ccc(-c4cccc5ccccc45)c4ccccc34)c(-c3cccc(-n4c5ccccc5c5ccc6ccccc6c54)c3)c2)cc1. The fourth-order valence-electron chi connectivity index (χ4n) is 11.7. The Hall–Kier alpha value is -9.50. The van der Waals surface area contributed by atoms with E-state index >= 15 is 0 Å². The predicted octanol–water partition coefficient (Wildman–Crippen LogP) is 19.4. The van der Waals surface area contributed by atoms with Crippen molar-refractivity contribution in [3.05, 3.63) is 285 Å². The number of aromatic nitrogens is 1. The lowest BCUT2D eigenvalue weighted by molar-refractivity contribution is 0.984. The number of fused-ring (bicyclic) bond motifs is 8. The van der Waals surface area contributed by atoms with Crippen LogP contribution >= 0.6 is 0 Å². The lowest BCUT2D eigenvalue weighted by Gasteiger charge is -2.31. The molecule has 14 rings (SSSR count). The third-order valence-corrected chi connectivity index (χ3v) is 15.1. The summed E-state index contributed by atoms with van der Waals surface area (Å²) in [7, 11) is 0. The maximum atomic E-state index is 2.58. The number of rotatable bonds is 9. The highest BCUT2D eigenvalue weighted by molar-refractivity contribution is 6.19. The van der Waals surface area contributed by atoms with Crippen molar-refractivity contribution in [3.63, 3.8) is 0 Å². The van der Waals surface area contributed by atoms with E-state index in [2.05, 4.69) is 289 Å². The van der Waals surface area contributed by atoms with E-state index < -0.39 is 0 Å². The molecule has 0 N–H and O–H groups in total. The van der Waals surface area contributed by atoms with E-state index in [1.807, 2.05) is 0 Å². The van der Waals surface area contributed by atoms with Gasteiger partial charge >= 0.3 is 0 Å². The highest BCUT2D eigenvalue weighted by Crippen LogP contribution is 2.46. The zero-order valence-electron chi connectivity index (χ0n) is 40.2. The maximum absolute atomic E-state index is 2.58. The molecule has 0 fully saturated rings. The molecule has 0 aliphatic heterocycles. The Morgan fingerprint density at radius 1 is 0.274 bits per heavy atom. The van der Waals surface area contributed by atoms with E-state index in [0.29, 0.717) is 6.54 Å². The van der Waals surface area contributed by atoms with Gasteiger partial charge in [-0.2, -0.15) is 0 Å². The van der Waals surface area contributed by atoms with Gasteiger partial charge in [0.05, 0.1) is 11.0 Å². The molecule has 1 aromatic heterocycles. The maximum Gasteiger partial charge on any atom is 0.0619 e. The fourth-order valence-corrected chi connectivity index (χ4v) is 11.7. The van der Waals surface area contributed by atoms with Crippen molar-refractivity contribution < 1.29 is 0 Å². The second kappa shape index (κ2) is 17.7. The van der Waals surface area contributed by atoms with Crippen LogP contribution in [0.5, 0.6) is 0 Å². The van der Waals surface area contributed by atoms with Crippen LogP contribution in [-0.2, 0) is 6.54 Å². The Balaban J connectivity index is 1.00. The molecular formula is C71H48N2. The molecule has 0 unspecified atom stereocenters.